The summed E-state index contributed by atoms with van der Waals surface area (Å²) in [5.41, 5.74) is 2.27. The number of rotatable bonds is 4. The van der Waals surface area contributed by atoms with Crippen LogP contribution in [0.3, 0.4) is 0 Å². The molecule has 6 rings (SSSR count). The van der Waals surface area contributed by atoms with Crippen molar-refractivity contribution in [1.82, 2.24) is 0 Å². The number of para-hydroxylation sites is 1. The minimum Gasteiger partial charge on any atom is -0.293 e. The number of hydrogen-bond acceptors (Lipinski definition) is 5. The van der Waals surface area contributed by atoms with Crippen molar-refractivity contribution in [3.63, 3.8) is 0 Å². The molecular weight excluding hydrogens is 446 g/mol. The van der Waals surface area contributed by atoms with E-state index in [2.05, 4.69) is 47.4 Å². The number of thiophene rings is 2. The monoisotopic (exact) mass is 463 g/mol. The maximum atomic E-state index is 12.8. The van der Waals surface area contributed by atoms with Gasteiger partial charge >= 0.3 is 0 Å². The average molecular weight is 464 g/mol. The van der Waals surface area contributed by atoms with Crippen LogP contribution >= 0.6 is 22.7 Å². The van der Waals surface area contributed by atoms with Crippen LogP contribution in [0.5, 0.6) is 0 Å². The molecule has 0 saturated heterocycles. The molecule has 1 aliphatic rings. The van der Waals surface area contributed by atoms with Crippen LogP contribution in [-0.4, -0.2) is 11.6 Å². The molecule has 158 valence electrons. The lowest BCUT2D eigenvalue weighted by Gasteiger charge is -2.21. The smallest absolute Gasteiger partial charge is 0.197 e. The molecule has 2 aromatic heterocycles. The van der Waals surface area contributed by atoms with Crippen molar-refractivity contribution < 1.29 is 9.59 Å². The average Bonchev–Trinajstić information content (AvgIpc) is 3.54. The maximum absolute atomic E-state index is 12.8. The van der Waals surface area contributed by atoms with Gasteiger partial charge in [-0.25, -0.2) is 0 Å². The summed E-state index contributed by atoms with van der Waals surface area (Å²) in [5.74, 6) is -0.398. The Bertz CT molecular complexity index is 1490. The van der Waals surface area contributed by atoms with Crippen LogP contribution in [0.25, 0.3) is 16.2 Å². The van der Waals surface area contributed by atoms with E-state index >= 15 is 0 Å². The Morgan fingerprint density at radius 1 is 0.636 bits per heavy atom. The SMILES string of the molecule is O=C1C(=Cc2ccc(N(c3ccccc3)c3cc4ccccc4s3)s2)C(=O)c2ccccc21. The summed E-state index contributed by atoms with van der Waals surface area (Å²) in [4.78, 5) is 28.7. The summed E-state index contributed by atoms with van der Waals surface area (Å²) in [5, 5.41) is 3.34. The van der Waals surface area contributed by atoms with Gasteiger partial charge in [-0.3, -0.25) is 14.5 Å². The third kappa shape index (κ3) is 3.42. The highest BCUT2D eigenvalue weighted by Gasteiger charge is 2.32. The van der Waals surface area contributed by atoms with E-state index < -0.39 is 0 Å². The van der Waals surface area contributed by atoms with E-state index in [1.54, 1.807) is 53.0 Å². The zero-order chi connectivity index (χ0) is 22.4. The molecule has 0 radical (unpaired) electrons. The molecular formula is C28H17NO2S2. The molecule has 5 aromatic rings. The number of nitrogens with zero attached hydrogens (tertiary/aromatic N) is 1. The van der Waals surface area contributed by atoms with Crippen LogP contribution in [0.1, 0.15) is 25.6 Å². The lowest BCUT2D eigenvalue weighted by Crippen LogP contribution is -2.06. The summed E-state index contributed by atoms with van der Waals surface area (Å²) in [6.07, 6.45) is 1.73. The molecule has 3 aromatic carbocycles. The van der Waals surface area contributed by atoms with Crippen LogP contribution < -0.4 is 4.90 Å². The predicted octanol–water partition coefficient (Wildman–Crippen LogP) is 7.90. The third-order valence-corrected chi connectivity index (χ3v) is 7.79. The van der Waals surface area contributed by atoms with Gasteiger partial charge in [0.05, 0.1) is 5.57 Å². The Kier molecular flexibility index (Phi) is 4.79. The van der Waals surface area contributed by atoms with Crippen molar-refractivity contribution in [3.05, 3.63) is 119 Å². The normalized spacial score (nSPS) is 12.9. The number of Topliss-reactive ketones (excluding diaryl/α,β-unsaturated/α-hetero) is 2. The Labute approximate surface area is 198 Å². The van der Waals surface area contributed by atoms with E-state index in [9.17, 15) is 9.59 Å². The molecule has 2 heterocycles. The summed E-state index contributed by atoms with van der Waals surface area (Å²) < 4.78 is 1.23. The molecule has 5 heteroatoms. The van der Waals surface area contributed by atoms with Gasteiger partial charge in [-0.2, -0.15) is 0 Å². The maximum Gasteiger partial charge on any atom is 0.197 e. The Morgan fingerprint density at radius 2 is 1.30 bits per heavy atom. The number of allylic oxidation sites excluding steroid dienone is 1. The standard InChI is InChI=1S/C28H17NO2S2/c30-27-21-11-5-6-12-22(21)28(31)23(27)17-20-14-15-25(32-20)29(19-9-2-1-3-10-19)26-16-18-8-4-7-13-24(18)33-26/h1-17H. The summed E-state index contributed by atoms with van der Waals surface area (Å²) in [7, 11) is 0. The highest BCUT2D eigenvalue weighted by Crippen LogP contribution is 2.44. The highest BCUT2D eigenvalue weighted by atomic mass is 32.1. The van der Waals surface area contributed by atoms with Crippen molar-refractivity contribution in [3.8, 4) is 0 Å². The van der Waals surface area contributed by atoms with Crippen LogP contribution in [0.15, 0.2) is 103 Å². The Balaban J connectivity index is 1.42. The number of carbonyl (C=O) groups is 2. The van der Waals surface area contributed by atoms with Crippen LogP contribution in [0, 0.1) is 0 Å². The fraction of sp³-hybridized carbons (Fsp3) is 0. The van der Waals surface area contributed by atoms with Gasteiger partial charge in [0.2, 0.25) is 0 Å². The molecule has 0 bridgehead atoms. The topological polar surface area (TPSA) is 37.4 Å². The number of benzene rings is 3. The van der Waals surface area contributed by atoms with Crippen molar-refractivity contribution in [2.24, 2.45) is 0 Å². The van der Waals surface area contributed by atoms with Gasteiger partial charge in [-0.15, -0.1) is 22.7 Å². The Hall–Kier alpha value is -3.80. The molecule has 0 aliphatic heterocycles. The zero-order valence-corrected chi connectivity index (χ0v) is 19.0. The number of ketones is 2. The second kappa shape index (κ2) is 7.96. The first-order valence-electron chi connectivity index (χ1n) is 10.5. The van der Waals surface area contributed by atoms with E-state index in [4.69, 9.17) is 0 Å². The molecule has 0 saturated carbocycles. The molecule has 33 heavy (non-hydrogen) atoms. The molecule has 0 N–H and O–H groups in total. The van der Waals surface area contributed by atoms with Gasteiger partial charge in [0.15, 0.2) is 11.6 Å². The third-order valence-electron chi connectivity index (χ3n) is 5.67. The van der Waals surface area contributed by atoms with Gasteiger partial charge < -0.3 is 0 Å². The van der Waals surface area contributed by atoms with Gasteiger partial charge in [-0.1, -0.05) is 60.7 Å². The van der Waals surface area contributed by atoms with Gasteiger partial charge in [0.1, 0.15) is 10.0 Å². The van der Waals surface area contributed by atoms with E-state index in [1.165, 1.54) is 10.1 Å². The lowest BCUT2D eigenvalue weighted by atomic mass is 10.1. The quantitative estimate of drug-likeness (QED) is 0.201. The number of carbonyl (C=O) groups excluding carboxylic acids is 2. The Morgan fingerprint density at radius 3 is 2.03 bits per heavy atom. The van der Waals surface area contributed by atoms with E-state index in [0.717, 1.165) is 20.6 Å². The van der Waals surface area contributed by atoms with Gasteiger partial charge in [0, 0.05) is 26.4 Å². The second-order valence-corrected chi connectivity index (χ2v) is 9.89. The van der Waals surface area contributed by atoms with Gasteiger partial charge in [0.25, 0.3) is 0 Å². The highest BCUT2D eigenvalue weighted by molar-refractivity contribution is 7.23. The zero-order valence-electron chi connectivity index (χ0n) is 17.4. The van der Waals surface area contributed by atoms with E-state index in [-0.39, 0.29) is 17.1 Å². The molecule has 0 amide bonds. The van der Waals surface area contributed by atoms with Crippen molar-refractivity contribution in [1.29, 1.82) is 0 Å². The summed E-state index contributed by atoms with van der Waals surface area (Å²) >= 11 is 3.30. The molecule has 0 spiro atoms. The second-order valence-electron chi connectivity index (χ2n) is 7.73. The summed E-state index contributed by atoms with van der Waals surface area (Å²) in [6.45, 7) is 0. The first-order chi connectivity index (χ1) is 16.2. The molecule has 0 unspecified atom stereocenters. The molecule has 0 atom stereocenters. The van der Waals surface area contributed by atoms with Crippen molar-refractivity contribution in [2.45, 2.75) is 0 Å². The fourth-order valence-electron chi connectivity index (χ4n) is 4.10. The molecule has 1 aliphatic carbocycles. The van der Waals surface area contributed by atoms with Crippen molar-refractivity contribution in [2.75, 3.05) is 4.90 Å². The van der Waals surface area contributed by atoms with E-state index in [0.29, 0.717) is 11.1 Å². The fourth-order valence-corrected chi connectivity index (χ4v) is 6.24. The number of fused-ring (bicyclic) bond motifs is 2. The van der Waals surface area contributed by atoms with Crippen LogP contribution in [-0.2, 0) is 0 Å². The number of hydrogen-bond donors (Lipinski definition) is 0. The molecule has 3 nitrogen and oxygen atoms in total. The van der Waals surface area contributed by atoms with Gasteiger partial charge in [-0.05, 0) is 47.9 Å². The van der Waals surface area contributed by atoms with E-state index in [1.807, 2.05) is 30.3 Å². The molecule has 0 fully saturated rings. The first-order valence-corrected chi connectivity index (χ1v) is 12.2. The predicted molar refractivity (Wildman–Crippen MR) is 137 cm³/mol. The van der Waals surface area contributed by atoms with Crippen LogP contribution in [0.2, 0.25) is 0 Å². The largest absolute Gasteiger partial charge is 0.293 e. The first kappa shape index (κ1) is 19.9. The van der Waals surface area contributed by atoms with Crippen LogP contribution in [0.4, 0.5) is 15.7 Å². The minimum atomic E-state index is -0.199. The lowest BCUT2D eigenvalue weighted by molar-refractivity contribution is 0.0990. The minimum absolute atomic E-state index is 0.199. The number of anilines is 3. The van der Waals surface area contributed by atoms with Crippen molar-refractivity contribution >= 4 is 66.1 Å². The summed E-state index contributed by atoms with van der Waals surface area (Å²) in [6, 6.07) is 31.8.